The molecular formula is C17H28N2O2. The summed E-state index contributed by atoms with van der Waals surface area (Å²) in [6, 6.07) is 8.75. The third-order valence-electron chi connectivity index (χ3n) is 3.88. The van der Waals surface area contributed by atoms with Crippen LogP contribution in [0.1, 0.15) is 31.9 Å². The Labute approximate surface area is 128 Å². The first-order valence-corrected chi connectivity index (χ1v) is 8.03. The van der Waals surface area contributed by atoms with Gasteiger partial charge in [0.25, 0.3) is 0 Å². The van der Waals surface area contributed by atoms with E-state index in [9.17, 15) is 0 Å². The number of hydrogen-bond donors (Lipinski definition) is 1. The highest BCUT2D eigenvalue weighted by Gasteiger charge is 2.32. The minimum Gasteiger partial charge on any atom is -0.494 e. The fourth-order valence-electron chi connectivity index (χ4n) is 3.08. The summed E-state index contributed by atoms with van der Waals surface area (Å²) in [5.74, 6) is 0.945. The first kappa shape index (κ1) is 16.3. The summed E-state index contributed by atoms with van der Waals surface area (Å²) in [5.41, 5.74) is 1.29. The fourth-order valence-corrected chi connectivity index (χ4v) is 3.08. The summed E-state index contributed by atoms with van der Waals surface area (Å²) in [4.78, 5) is 2.54. The number of benzene rings is 1. The number of rotatable bonds is 7. The molecule has 1 saturated heterocycles. The predicted octanol–water partition coefficient (Wildman–Crippen LogP) is 2.46. The Hall–Kier alpha value is -1.10. The van der Waals surface area contributed by atoms with Crippen LogP contribution < -0.4 is 10.1 Å². The Bertz CT molecular complexity index is 407. The van der Waals surface area contributed by atoms with Crippen molar-refractivity contribution in [2.45, 2.75) is 32.4 Å². The zero-order valence-electron chi connectivity index (χ0n) is 13.5. The Morgan fingerprint density at radius 1 is 1.38 bits per heavy atom. The molecule has 1 heterocycles. The Kier molecular flexibility index (Phi) is 6.49. The smallest absolute Gasteiger partial charge is 0.119 e. The van der Waals surface area contributed by atoms with Crippen molar-refractivity contribution < 1.29 is 9.47 Å². The average Bonchev–Trinajstić information content (AvgIpc) is 2.49. The van der Waals surface area contributed by atoms with Crippen molar-refractivity contribution in [3.8, 4) is 5.75 Å². The first-order chi connectivity index (χ1) is 10.3. The molecule has 1 aromatic carbocycles. The number of morpholine rings is 1. The van der Waals surface area contributed by atoms with Crippen LogP contribution in [-0.2, 0) is 4.74 Å². The van der Waals surface area contributed by atoms with Gasteiger partial charge < -0.3 is 14.8 Å². The van der Waals surface area contributed by atoms with Crippen LogP contribution in [0, 0.1) is 0 Å². The van der Waals surface area contributed by atoms with E-state index in [4.69, 9.17) is 9.47 Å². The van der Waals surface area contributed by atoms with Crippen LogP contribution >= 0.6 is 0 Å². The van der Waals surface area contributed by atoms with Gasteiger partial charge in [-0.2, -0.15) is 0 Å². The number of likely N-dealkylation sites (N-methyl/N-ethyl adjacent to an activating group) is 1. The molecule has 0 saturated carbocycles. The number of nitrogens with zero attached hydrogens (tertiary/aromatic N) is 1. The summed E-state index contributed by atoms with van der Waals surface area (Å²) in [6.45, 7) is 8.73. The van der Waals surface area contributed by atoms with Crippen LogP contribution in [0.2, 0.25) is 0 Å². The van der Waals surface area contributed by atoms with Crippen LogP contribution in [0.3, 0.4) is 0 Å². The van der Waals surface area contributed by atoms with E-state index in [1.807, 2.05) is 20.0 Å². The van der Waals surface area contributed by atoms with E-state index in [-0.39, 0.29) is 6.10 Å². The normalized spacial score (nSPS) is 23.2. The molecule has 4 nitrogen and oxygen atoms in total. The van der Waals surface area contributed by atoms with Crippen LogP contribution in [0.15, 0.2) is 24.3 Å². The van der Waals surface area contributed by atoms with Crippen molar-refractivity contribution in [1.82, 2.24) is 10.2 Å². The monoisotopic (exact) mass is 292 g/mol. The van der Waals surface area contributed by atoms with Crippen molar-refractivity contribution in [2.24, 2.45) is 0 Å². The molecule has 1 aliphatic heterocycles. The van der Waals surface area contributed by atoms with Gasteiger partial charge >= 0.3 is 0 Å². The third kappa shape index (κ3) is 4.19. The maximum absolute atomic E-state index is 6.02. The van der Waals surface area contributed by atoms with E-state index in [1.54, 1.807) is 0 Å². The lowest BCUT2D eigenvalue weighted by Gasteiger charge is -2.41. The van der Waals surface area contributed by atoms with E-state index in [0.717, 1.165) is 38.4 Å². The zero-order valence-corrected chi connectivity index (χ0v) is 13.5. The Balaban J connectivity index is 2.25. The molecule has 0 amide bonds. The number of nitrogens with one attached hydrogen (secondary N) is 1. The predicted molar refractivity (Wildman–Crippen MR) is 85.9 cm³/mol. The first-order valence-electron chi connectivity index (χ1n) is 8.03. The summed E-state index contributed by atoms with van der Waals surface area (Å²) < 4.78 is 11.7. The third-order valence-corrected chi connectivity index (χ3v) is 3.88. The fraction of sp³-hybridized carbons (Fsp3) is 0.647. The summed E-state index contributed by atoms with van der Waals surface area (Å²) in [5, 5.41) is 3.26. The molecule has 0 aromatic heterocycles. The highest BCUT2D eigenvalue weighted by Crippen LogP contribution is 2.31. The lowest BCUT2D eigenvalue weighted by molar-refractivity contribution is -0.0704. The number of hydrogen-bond acceptors (Lipinski definition) is 4. The summed E-state index contributed by atoms with van der Waals surface area (Å²) in [6.07, 6.45) is 1.35. The Morgan fingerprint density at radius 2 is 2.24 bits per heavy atom. The second kappa shape index (κ2) is 8.37. The molecule has 0 radical (unpaired) electrons. The highest BCUT2D eigenvalue weighted by molar-refractivity contribution is 5.31. The molecule has 2 unspecified atom stereocenters. The van der Waals surface area contributed by atoms with Gasteiger partial charge in [-0.3, -0.25) is 4.90 Å². The van der Waals surface area contributed by atoms with Gasteiger partial charge in [-0.15, -0.1) is 0 Å². The SMILES string of the molecule is CCCN1CCOC(CNC)C1c1cccc(OCC)c1. The average molecular weight is 292 g/mol. The molecule has 2 atom stereocenters. The van der Waals surface area contributed by atoms with E-state index >= 15 is 0 Å². The molecule has 21 heavy (non-hydrogen) atoms. The van der Waals surface area contributed by atoms with Gasteiger partial charge in [0.1, 0.15) is 5.75 Å². The molecule has 0 bridgehead atoms. The van der Waals surface area contributed by atoms with Crippen LogP contribution in [0.5, 0.6) is 5.75 Å². The van der Waals surface area contributed by atoms with Crippen LogP contribution in [0.4, 0.5) is 0 Å². The molecular weight excluding hydrogens is 264 g/mol. The van der Waals surface area contributed by atoms with Crippen molar-refractivity contribution in [3.63, 3.8) is 0 Å². The molecule has 2 rings (SSSR count). The van der Waals surface area contributed by atoms with E-state index in [2.05, 4.69) is 35.3 Å². The number of ether oxygens (including phenoxy) is 2. The van der Waals surface area contributed by atoms with Crippen molar-refractivity contribution in [2.75, 3.05) is 39.9 Å². The van der Waals surface area contributed by atoms with Crippen molar-refractivity contribution in [1.29, 1.82) is 0 Å². The minimum absolute atomic E-state index is 0.187. The van der Waals surface area contributed by atoms with Gasteiger partial charge in [-0.05, 0) is 44.6 Å². The van der Waals surface area contributed by atoms with Gasteiger partial charge in [0, 0.05) is 13.1 Å². The molecule has 1 aliphatic rings. The lowest BCUT2D eigenvalue weighted by Crippen LogP contribution is -2.48. The Morgan fingerprint density at radius 3 is 2.95 bits per heavy atom. The molecule has 1 N–H and O–H groups in total. The van der Waals surface area contributed by atoms with E-state index < -0.39 is 0 Å². The molecule has 0 spiro atoms. The quantitative estimate of drug-likeness (QED) is 0.837. The summed E-state index contributed by atoms with van der Waals surface area (Å²) in [7, 11) is 1.98. The maximum Gasteiger partial charge on any atom is 0.119 e. The van der Waals surface area contributed by atoms with E-state index in [0.29, 0.717) is 12.6 Å². The molecule has 4 heteroatoms. The van der Waals surface area contributed by atoms with Crippen LogP contribution in [-0.4, -0.2) is 50.9 Å². The van der Waals surface area contributed by atoms with Crippen molar-refractivity contribution in [3.05, 3.63) is 29.8 Å². The zero-order chi connectivity index (χ0) is 15.1. The maximum atomic E-state index is 6.02. The standard InChI is InChI=1S/C17H28N2O2/c1-4-9-19-10-11-21-16(13-18-3)17(19)14-7-6-8-15(12-14)20-5-2/h6-8,12,16-18H,4-5,9-11,13H2,1-3H3. The second-order valence-electron chi connectivity index (χ2n) is 5.45. The highest BCUT2D eigenvalue weighted by atomic mass is 16.5. The summed E-state index contributed by atoms with van der Waals surface area (Å²) >= 11 is 0. The molecule has 1 fully saturated rings. The molecule has 1 aromatic rings. The molecule has 0 aliphatic carbocycles. The minimum atomic E-state index is 0.187. The van der Waals surface area contributed by atoms with Crippen LogP contribution in [0.25, 0.3) is 0 Å². The van der Waals surface area contributed by atoms with Crippen molar-refractivity contribution >= 4 is 0 Å². The topological polar surface area (TPSA) is 33.7 Å². The van der Waals surface area contributed by atoms with Gasteiger partial charge in [0.2, 0.25) is 0 Å². The van der Waals surface area contributed by atoms with Gasteiger partial charge in [0.05, 0.1) is 25.4 Å². The van der Waals surface area contributed by atoms with Gasteiger partial charge in [0.15, 0.2) is 0 Å². The van der Waals surface area contributed by atoms with Gasteiger partial charge in [-0.25, -0.2) is 0 Å². The largest absolute Gasteiger partial charge is 0.494 e. The van der Waals surface area contributed by atoms with Gasteiger partial charge in [-0.1, -0.05) is 19.1 Å². The molecule has 118 valence electrons. The van der Waals surface area contributed by atoms with E-state index in [1.165, 1.54) is 5.56 Å². The lowest BCUT2D eigenvalue weighted by atomic mass is 9.97. The second-order valence-corrected chi connectivity index (χ2v) is 5.45.